The maximum absolute atomic E-state index is 12.3. The molecular weight excluding hydrogens is 228 g/mol. The van der Waals surface area contributed by atoms with Gasteiger partial charge in [-0.15, -0.1) is 0 Å². The lowest BCUT2D eigenvalue weighted by Gasteiger charge is -2.27. The third-order valence-electron chi connectivity index (χ3n) is 3.34. The van der Waals surface area contributed by atoms with Gasteiger partial charge < -0.3 is 9.42 Å². The summed E-state index contributed by atoms with van der Waals surface area (Å²) in [5, 5.41) is 4.69. The highest BCUT2D eigenvalue weighted by atomic mass is 16.5. The Hall–Kier alpha value is -2.10. The summed E-state index contributed by atoms with van der Waals surface area (Å²) in [4.78, 5) is 14.2. The van der Waals surface area contributed by atoms with E-state index in [0.717, 1.165) is 23.7 Å². The predicted molar refractivity (Wildman–Crippen MR) is 68.3 cm³/mol. The summed E-state index contributed by atoms with van der Waals surface area (Å²) in [5.74, 6) is 0.273. The van der Waals surface area contributed by atoms with Crippen LogP contribution in [0.4, 0.5) is 0 Å². The number of fused-ring (bicyclic) bond motifs is 1. The zero-order valence-corrected chi connectivity index (χ0v) is 10.1. The third-order valence-corrected chi connectivity index (χ3v) is 3.34. The molecule has 1 fully saturated rings. The number of benzene rings is 1. The minimum atomic E-state index is -0.0730. The van der Waals surface area contributed by atoms with Crippen molar-refractivity contribution < 1.29 is 9.32 Å². The average molecular weight is 242 g/mol. The SMILES string of the molecule is C=C1CCN(C(=O)c2onc3ccccc23)CC1. The molecule has 0 bridgehead atoms. The van der Waals surface area contributed by atoms with Gasteiger partial charge in [0.2, 0.25) is 5.76 Å². The van der Waals surface area contributed by atoms with Crippen LogP contribution in [0.5, 0.6) is 0 Å². The first-order valence-electron chi connectivity index (χ1n) is 6.06. The molecule has 4 nitrogen and oxygen atoms in total. The number of hydrogen-bond acceptors (Lipinski definition) is 3. The molecule has 4 heteroatoms. The van der Waals surface area contributed by atoms with Crippen LogP contribution in [0, 0.1) is 0 Å². The molecule has 1 aromatic heterocycles. The number of amides is 1. The van der Waals surface area contributed by atoms with Crippen LogP contribution in [0.25, 0.3) is 10.9 Å². The molecule has 0 unspecified atom stereocenters. The molecule has 1 aromatic carbocycles. The average Bonchev–Trinajstić information content (AvgIpc) is 2.82. The van der Waals surface area contributed by atoms with Gasteiger partial charge in [0.25, 0.3) is 5.91 Å². The summed E-state index contributed by atoms with van der Waals surface area (Å²) in [6, 6.07) is 7.47. The van der Waals surface area contributed by atoms with Gasteiger partial charge in [-0.1, -0.05) is 29.4 Å². The van der Waals surface area contributed by atoms with Gasteiger partial charge in [0.1, 0.15) is 5.52 Å². The molecule has 0 N–H and O–H groups in total. The molecule has 0 spiro atoms. The molecule has 0 aliphatic carbocycles. The van der Waals surface area contributed by atoms with Crippen molar-refractivity contribution in [1.29, 1.82) is 0 Å². The number of nitrogens with zero attached hydrogens (tertiary/aromatic N) is 2. The number of piperidine rings is 1. The fourth-order valence-corrected chi connectivity index (χ4v) is 2.21. The third kappa shape index (κ3) is 1.79. The second kappa shape index (κ2) is 4.29. The Morgan fingerprint density at radius 1 is 1.28 bits per heavy atom. The van der Waals surface area contributed by atoms with E-state index in [1.165, 1.54) is 5.57 Å². The summed E-state index contributed by atoms with van der Waals surface area (Å²) in [7, 11) is 0. The normalized spacial score (nSPS) is 16.2. The van der Waals surface area contributed by atoms with Crippen molar-refractivity contribution in [2.45, 2.75) is 12.8 Å². The Bertz CT molecular complexity index is 605. The number of hydrogen-bond donors (Lipinski definition) is 0. The van der Waals surface area contributed by atoms with Crippen molar-refractivity contribution >= 4 is 16.8 Å². The maximum atomic E-state index is 12.3. The minimum Gasteiger partial charge on any atom is -0.350 e. The molecule has 1 aliphatic heterocycles. The monoisotopic (exact) mass is 242 g/mol. The van der Waals surface area contributed by atoms with Crippen LogP contribution >= 0.6 is 0 Å². The van der Waals surface area contributed by atoms with Crippen LogP contribution in [0.2, 0.25) is 0 Å². The molecule has 1 amide bonds. The molecule has 18 heavy (non-hydrogen) atoms. The smallest absolute Gasteiger partial charge is 0.293 e. The van der Waals surface area contributed by atoms with Crippen LogP contribution in [-0.2, 0) is 0 Å². The Kier molecular flexibility index (Phi) is 2.63. The molecule has 0 saturated carbocycles. The highest BCUT2D eigenvalue weighted by molar-refractivity contribution is 6.03. The fourth-order valence-electron chi connectivity index (χ4n) is 2.21. The summed E-state index contributed by atoms with van der Waals surface area (Å²) in [5.41, 5.74) is 1.93. The molecule has 3 rings (SSSR count). The summed E-state index contributed by atoms with van der Waals surface area (Å²) >= 11 is 0. The van der Waals surface area contributed by atoms with Crippen molar-refractivity contribution in [3.05, 3.63) is 42.2 Å². The Balaban J connectivity index is 1.90. The number of carbonyl (C=O) groups excluding carboxylic acids is 1. The number of rotatable bonds is 1. The lowest BCUT2D eigenvalue weighted by molar-refractivity contribution is 0.0704. The van der Waals surface area contributed by atoms with E-state index in [1.807, 2.05) is 29.2 Å². The first kappa shape index (κ1) is 11.0. The minimum absolute atomic E-state index is 0.0730. The molecular formula is C14H14N2O2. The number of likely N-dealkylation sites (tertiary alicyclic amines) is 1. The first-order chi connectivity index (χ1) is 8.75. The van der Waals surface area contributed by atoms with Gasteiger partial charge in [-0.05, 0) is 25.0 Å². The van der Waals surface area contributed by atoms with Gasteiger partial charge in [-0.25, -0.2) is 0 Å². The highest BCUT2D eigenvalue weighted by Gasteiger charge is 2.24. The van der Waals surface area contributed by atoms with Crippen LogP contribution in [0.1, 0.15) is 23.4 Å². The second-order valence-electron chi connectivity index (χ2n) is 4.57. The first-order valence-corrected chi connectivity index (χ1v) is 6.06. The lowest BCUT2D eigenvalue weighted by Crippen LogP contribution is -2.36. The molecule has 92 valence electrons. The molecule has 2 aromatic rings. The van der Waals surface area contributed by atoms with Gasteiger partial charge in [0.05, 0.1) is 5.39 Å². The Morgan fingerprint density at radius 3 is 2.78 bits per heavy atom. The van der Waals surface area contributed by atoms with Gasteiger partial charge in [-0.2, -0.15) is 0 Å². The van der Waals surface area contributed by atoms with Crippen LogP contribution in [0.3, 0.4) is 0 Å². The fraction of sp³-hybridized carbons (Fsp3) is 0.286. The van der Waals surface area contributed by atoms with Crippen molar-refractivity contribution in [2.75, 3.05) is 13.1 Å². The van der Waals surface area contributed by atoms with Crippen molar-refractivity contribution in [2.24, 2.45) is 0 Å². The maximum Gasteiger partial charge on any atom is 0.293 e. The van der Waals surface area contributed by atoms with Crippen LogP contribution < -0.4 is 0 Å². The molecule has 1 aliphatic rings. The molecule has 2 heterocycles. The largest absolute Gasteiger partial charge is 0.350 e. The van der Waals surface area contributed by atoms with Gasteiger partial charge in [0, 0.05) is 13.1 Å². The van der Waals surface area contributed by atoms with Crippen LogP contribution in [-0.4, -0.2) is 29.1 Å². The summed E-state index contributed by atoms with van der Waals surface area (Å²) in [6.07, 6.45) is 1.75. The van der Waals surface area contributed by atoms with Gasteiger partial charge >= 0.3 is 0 Å². The predicted octanol–water partition coefficient (Wildman–Crippen LogP) is 2.62. The zero-order chi connectivity index (χ0) is 12.5. The molecule has 0 atom stereocenters. The topological polar surface area (TPSA) is 46.3 Å². The van der Waals surface area contributed by atoms with E-state index in [0.29, 0.717) is 18.8 Å². The summed E-state index contributed by atoms with van der Waals surface area (Å²) < 4.78 is 5.19. The van der Waals surface area contributed by atoms with E-state index in [4.69, 9.17) is 4.52 Å². The van der Waals surface area contributed by atoms with E-state index in [-0.39, 0.29) is 5.91 Å². The number of carbonyl (C=O) groups is 1. The Morgan fingerprint density at radius 2 is 2.00 bits per heavy atom. The highest BCUT2D eigenvalue weighted by Crippen LogP contribution is 2.22. The van der Waals surface area contributed by atoms with Crippen molar-refractivity contribution in [3.63, 3.8) is 0 Å². The summed E-state index contributed by atoms with van der Waals surface area (Å²) in [6.45, 7) is 5.38. The van der Waals surface area contributed by atoms with Crippen molar-refractivity contribution in [1.82, 2.24) is 10.1 Å². The quantitative estimate of drug-likeness (QED) is 0.722. The number of aromatic nitrogens is 1. The van der Waals surface area contributed by atoms with E-state index in [9.17, 15) is 4.79 Å². The van der Waals surface area contributed by atoms with E-state index in [1.54, 1.807) is 0 Å². The molecule has 1 saturated heterocycles. The second-order valence-corrected chi connectivity index (χ2v) is 4.57. The standard InChI is InChI=1S/C14H14N2O2/c1-10-6-8-16(9-7-10)14(17)13-11-4-2-3-5-12(11)15-18-13/h2-5H,1,6-9H2. The van der Waals surface area contributed by atoms with Gasteiger partial charge in [-0.3, -0.25) is 4.79 Å². The van der Waals surface area contributed by atoms with E-state index >= 15 is 0 Å². The van der Waals surface area contributed by atoms with Gasteiger partial charge in [0.15, 0.2) is 0 Å². The molecule has 0 radical (unpaired) electrons. The lowest BCUT2D eigenvalue weighted by atomic mass is 10.1. The van der Waals surface area contributed by atoms with Crippen molar-refractivity contribution in [3.8, 4) is 0 Å². The van der Waals surface area contributed by atoms with E-state index < -0.39 is 0 Å². The van der Waals surface area contributed by atoms with Crippen LogP contribution in [0.15, 0.2) is 40.9 Å². The zero-order valence-electron chi connectivity index (χ0n) is 10.1. The van der Waals surface area contributed by atoms with E-state index in [2.05, 4.69) is 11.7 Å². The Labute approximate surface area is 105 Å².